The summed E-state index contributed by atoms with van der Waals surface area (Å²) in [6, 6.07) is 3.57. The molecule has 0 bridgehead atoms. The molecule has 1 atom stereocenters. The molecule has 21 heavy (non-hydrogen) atoms. The van der Waals surface area contributed by atoms with Gasteiger partial charge in [0.2, 0.25) is 0 Å². The number of benzene rings is 1. The minimum atomic E-state index is -0.275. The quantitative estimate of drug-likeness (QED) is 0.753. The Bertz CT molecular complexity index is 460. The lowest BCUT2D eigenvalue weighted by Gasteiger charge is -2.28. The van der Waals surface area contributed by atoms with Gasteiger partial charge in [0.25, 0.3) is 0 Å². The Morgan fingerprint density at radius 2 is 2.05 bits per heavy atom. The fraction of sp³-hybridized carbons (Fsp3) is 0.647. The molecular weight excluding hydrogens is 333 g/mol. The van der Waals surface area contributed by atoms with Gasteiger partial charge < -0.3 is 10.1 Å². The van der Waals surface area contributed by atoms with E-state index >= 15 is 0 Å². The predicted octanol–water partition coefficient (Wildman–Crippen LogP) is 5.22. The third-order valence-electron chi connectivity index (χ3n) is 4.39. The number of hydrogen-bond acceptors (Lipinski definition) is 2. The van der Waals surface area contributed by atoms with Crippen LogP contribution in [0.4, 0.5) is 4.39 Å². The van der Waals surface area contributed by atoms with Crippen molar-refractivity contribution in [2.75, 3.05) is 13.7 Å². The maximum atomic E-state index is 13.7. The van der Waals surface area contributed by atoms with Crippen LogP contribution in [0.25, 0.3) is 0 Å². The summed E-state index contributed by atoms with van der Waals surface area (Å²) in [6.07, 6.45) is 7.77. The van der Waals surface area contributed by atoms with Crippen LogP contribution in [0.15, 0.2) is 16.6 Å². The highest BCUT2D eigenvalue weighted by atomic mass is 79.9. The number of methoxy groups -OCH3 is 1. The largest absolute Gasteiger partial charge is 0.496 e. The molecule has 0 aromatic heterocycles. The summed E-state index contributed by atoms with van der Waals surface area (Å²) in [5.41, 5.74) is 1.05. The van der Waals surface area contributed by atoms with Crippen LogP contribution in [0.3, 0.4) is 0 Å². The first kappa shape index (κ1) is 16.8. The van der Waals surface area contributed by atoms with Crippen LogP contribution in [0.1, 0.15) is 57.1 Å². The van der Waals surface area contributed by atoms with Gasteiger partial charge in [-0.25, -0.2) is 4.39 Å². The Balaban J connectivity index is 2.21. The van der Waals surface area contributed by atoms with Gasteiger partial charge in [-0.1, -0.05) is 39.0 Å². The molecule has 2 rings (SSSR count). The van der Waals surface area contributed by atoms with Crippen molar-refractivity contribution in [3.63, 3.8) is 0 Å². The lowest BCUT2D eigenvalue weighted by atomic mass is 9.83. The van der Waals surface area contributed by atoms with Crippen LogP contribution in [0.5, 0.6) is 5.75 Å². The first-order chi connectivity index (χ1) is 10.2. The zero-order valence-electron chi connectivity index (χ0n) is 12.9. The van der Waals surface area contributed by atoms with E-state index in [1.807, 2.05) is 6.07 Å². The summed E-state index contributed by atoms with van der Waals surface area (Å²) in [7, 11) is 1.61. The maximum Gasteiger partial charge on any atom is 0.141 e. The molecule has 4 heteroatoms. The summed E-state index contributed by atoms with van der Waals surface area (Å²) in [5.74, 6) is 1.12. The topological polar surface area (TPSA) is 21.3 Å². The van der Waals surface area contributed by atoms with Gasteiger partial charge in [0.1, 0.15) is 11.6 Å². The molecule has 1 unspecified atom stereocenters. The van der Waals surface area contributed by atoms with Crippen molar-refractivity contribution >= 4 is 15.9 Å². The number of rotatable bonds is 6. The van der Waals surface area contributed by atoms with Crippen molar-refractivity contribution < 1.29 is 9.13 Å². The van der Waals surface area contributed by atoms with Gasteiger partial charge in [0, 0.05) is 17.7 Å². The Labute approximate surface area is 135 Å². The second-order valence-electron chi connectivity index (χ2n) is 5.86. The van der Waals surface area contributed by atoms with Crippen LogP contribution in [-0.2, 0) is 0 Å². The lowest BCUT2D eigenvalue weighted by molar-refractivity contribution is 0.296. The van der Waals surface area contributed by atoms with Crippen LogP contribution < -0.4 is 10.1 Å². The molecule has 1 aliphatic rings. The van der Waals surface area contributed by atoms with E-state index in [0.717, 1.165) is 24.4 Å². The highest BCUT2D eigenvalue weighted by Crippen LogP contribution is 2.37. The molecule has 1 fully saturated rings. The molecule has 0 aliphatic heterocycles. The van der Waals surface area contributed by atoms with E-state index in [-0.39, 0.29) is 11.9 Å². The standard InChI is InChI=1S/C17H25BrFNO/c1-3-20-16(9-12-7-5-4-6-8-12)13-10-14(18)15(19)11-17(13)21-2/h10-12,16,20H,3-9H2,1-2H3. The molecule has 0 spiro atoms. The van der Waals surface area contributed by atoms with E-state index in [1.54, 1.807) is 7.11 Å². The third kappa shape index (κ3) is 4.43. The Morgan fingerprint density at radius 3 is 2.67 bits per heavy atom. The van der Waals surface area contributed by atoms with Crippen LogP contribution in [0.2, 0.25) is 0 Å². The summed E-state index contributed by atoms with van der Waals surface area (Å²) < 4.78 is 19.6. The van der Waals surface area contributed by atoms with Crippen molar-refractivity contribution in [2.45, 2.75) is 51.5 Å². The average Bonchev–Trinajstić information content (AvgIpc) is 2.50. The Hall–Kier alpha value is -0.610. The van der Waals surface area contributed by atoms with Crippen molar-refractivity contribution in [1.82, 2.24) is 5.32 Å². The molecular formula is C17H25BrFNO. The van der Waals surface area contributed by atoms with Gasteiger partial charge in [-0.15, -0.1) is 0 Å². The lowest BCUT2D eigenvalue weighted by Crippen LogP contribution is -2.25. The molecule has 1 aliphatic carbocycles. The van der Waals surface area contributed by atoms with E-state index < -0.39 is 0 Å². The van der Waals surface area contributed by atoms with Crippen LogP contribution in [-0.4, -0.2) is 13.7 Å². The van der Waals surface area contributed by atoms with Gasteiger partial charge in [-0.3, -0.25) is 0 Å². The molecule has 0 heterocycles. The monoisotopic (exact) mass is 357 g/mol. The number of nitrogens with one attached hydrogen (secondary N) is 1. The smallest absolute Gasteiger partial charge is 0.141 e. The maximum absolute atomic E-state index is 13.7. The highest BCUT2D eigenvalue weighted by molar-refractivity contribution is 9.10. The summed E-state index contributed by atoms with van der Waals surface area (Å²) in [5, 5.41) is 3.54. The van der Waals surface area contributed by atoms with Crippen molar-refractivity contribution in [3.05, 3.63) is 28.0 Å². The molecule has 2 nitrogen and oxygen atoms in total. The normalized spacial score (nSPS) is 17.7. The van der Waals surface area contributed by atoms with E-state index in [0.29, 0.717) is 10.2 Å². The van der Waals surface area contributed by atoms with Gasteiger partial charge in [0.05, 0.1) is 11.6 Å². The fourth-order valence-electron chi connectivity index (χ4n) is 3.32. The second kappa shape index (κ2) is 8.14. The van der Waals surface area contributed by atoms with Gasteiger partial charge in [0.15, 0.2) is 0 Å². The summed E-state index contributed by atoms with van der Waals surface area (Å²) in [6.45, 7) is 3.01. The average molecular weight is 358 g/mol. The molecule has 1 aromatic rings. The summed E-state index contributed by atoms with van der Waals surface area (Å²) in [4.78, 5) is 0. The van der Waals surface area contributed by atoms with Gasteiger partial charge in [-0.05, 0) is 40.9 Å². The molecule has 118 valence electrons. The number of hydrogen-bond donors (Lipinski definition) is 1. The molecule has 0 radical (unpaired) electrons. The summed E-state index contributed by atoms with van der Waals surface area (Å²) >= 11 is 3.30. The molecule has 1 N–H and O–H groups in total. The second-order valence-corrected chi connectivity index (χ2v) is 6.71. The SMILES string of the molecule is CCNC(CC1CCCCC1)c1cc(Br)c(F)cc1OC. The minimum Gasteiger partial charge on any atom is -0.496 e. The van der Waals surface area contributed by atoms with Gasteiger partial charge in [-0.2, -0.15) is 0 Å². The van der Waals surface area contributed by atoms with E-state index in [2.05, 4.69) is 28.2 Å². The molecule has 1 saturated carbocycles. The number of ether oxygens (including phenoxy) is 1. The van der Waals surface area contributed by atoms with Crippen molar-refractivity contribution in [1.29, 1.82) is 0 Å². The fourth-order valence-corrected chi connectivity index (χ4v) is 3.68. The van der Waals surface area contributed by atoms with E-state index in [1.165, 1.54) is 38.2 Å². The molecule has 1 aromatic carbocycles. The molecule has 0 saturated heterocycles. The molecule has 0 amide bonds. The van der Waals surface area contributed by atoms with Crippen molar-refractivity contribution in [2.24, 2.45) is 5.92 Å². The van der Waals surface area contributed by atoms with Crippen molar-refractivity contribution in [3.8, 4) is 5.75 Å². The minimum absolute atomic E-state index is 0.227. The predicted molar refractivity (Wildman–Crippen MR) is 88.3 cm³/mol. The zero-order chi connectivity index (χ0) is 15.2. The van der Waals surface area contributed by atoms with Gasteiger partial charge >= 0.3 is 0 Å². The number of halogens is 2. The Kier molecular flexibility index (Phi) is 6.49. The van der Waals surface area contributed by atoms with Crippen LogP contribution in [0, 0.1) is 11.7 Å². The first-order valence-electron chi connectivity index (χ1n) is 7.92. The zero-order valence-corrected chi connectivity index (χ0v) is 14.5. The van der Waals surface area contributed by atoms with E-state index in [9.17, 15) is 4.39 Å². The van der Waals surface area contributed by atoms with Crippen LogP contribution >= 0.6 is 15.9 Å². The van der Waals surface area contributed by atoms with E-state index in [4.69, 9.17) is 4.74 Å². The Morgan fingerprint density at radius 1 is 1.33 bits per heavy atom. The first-order valence-corrected chi connectivity index (χ1v) is 8.71. The third-order valence-corrected chi connectivity index (χ3v) is 5.00. The highest BCUT2D eigenvalue weighted by Gasteiger charge is 2.23.